The van der Waals surface area contributed by atoms with Gasteiger partial charge in [-0.25, -0.2) is 13.4 Å². The highest BCUT2D eigenvalue weighted by Gasteiger charge is 2.11. The summed E-state index contributed by atoms with van der Waals surface area (Å²) in [6.07, 6.45) is 0.993. The third-order valence-corrected chi connectivity index (χ3v) is 3.05. The maximum atomic E-state index is 10.9. The fourth-order valence-electron chi connectivity index (χ4n) is 1.06. The van der Waals surface area contributed by atoms with E-state index in [0.717, 1.165) is 6.20 Å². The monoisotopic (exact) mass is 265 g/mol. The minimum absolute atomic E-state index is 0.0547. The summed E-state index contributed by atoms with van der Waals surface area (Å²) in [4.78, 5) is 3.77. The van der Waals surface area contributed by atoms with Gasteiger partial charge in [-0.15, -0.1) is 0 Å². The van der Waals surface area contributed by atoms with Crippen LogP contribution in [-0.4, -0.2) is 33.2 Å². The highest BCUT2D eigenvalue weighted by molar-refractivity contribution is 8.13. The van der Waals surface area contributed by atoms with Crippen LogP contribution in [-0.2, 0) is 13.8 Å². The van der Waals surface area contributed by atoms with E-state index >= 15 is 0 Å². The Balaban J connectivity index is 2.72. The molecular formula is C9H12ClNO4S. The van der Waals surface area contributed by atoms with Gasteiger partial charge in [0.1, 0.15) is 11.0 Å². The minimum atomic E-state index is -3.73. The van der Waals surface area contributed by atoms with Gasteiger partial charge in [-0.3, -0.25) is 0 Å². The van der Waals surface area contributed by atoms with Crippen LogP contribution in [0.3, 0.4) is 0 Å². The lowest BCUT2D eigenvalue weighted by Crippen LogP contribution is -2.18. The van der Waals surface area contributed by atoms with Crippen molar-refractivity contribution >= 4 is 19.7 Å². The first kappa shape index (κ1) is 13.2. The van der Waals surface area contributed by atoms with Crippen molar-refractivity contribution in [2.24, 2.45) is 0 Å². The van der Waals surface area contributed by atoms with Gasteiger partial charge in [0.05, 0.1) is 12.8 Å². The Bertz CT molecular complexity index is 431. The summed E-state index contributed by atoms with van der Waals surface area (Å²) in [5.41, 5.74) is 0. The first-order valence-electron chi connectivity index (χ1n) is 4.50. The van der Waals surface area contributed by atoms with E-state index in [0.29, 0.717) is 12.5 Å². The number of hydrogen-bond donors (Lipinski definition) is 0. The van der Waals surface area contributed by atoms with Gasteiger partial charge in [0.15, 0.2) is 0 Å². The number of methoxy groups -OCH3 is 1. The molecule has 0 saturated carbocycles. The van der Waals surface area contributed by atoms with Crippen molar-refractivity contribution in [1.29, 1.82) is 0 Å². The number of nitrogens with zero attached hydrogens (tertiary/aromatic N) is 1. The molecule has 1 heterocycles. The maximum absolute atomic E-state index is 10.9. The molecule has 90 valence electrons. The van der Waals surface area contributed by atoms with E-state index in [1.807, 2.05) is 6.92 Å². The summed E-state index contributed by atoms with van der Waals surface area (Å²) < 4.78 is 32.1. The summed E-state index contributed by atoms with van der Waals surface area (Å²) >= 11 is 0. The van der Waals surface area contributed by atoms with Crippen LogP contribution in [0.5, 0.6) is 5.88 Å². The van der Waals surface area contributed by atoms with Crippen LogP contribution in [0, 0.1) is 0 Å². The van der Waals surface area contributed by atoms with Crippen LogP contribution in [0.15, 0.2) is 23.2 Å². The Morgan fingerprint density at radius 1 is 1.50 bits per heavy atom. The van der Waals surface area contributed by atoms with Crippen molar-refractivity contribution in [1.82, 2.24) is 4.98 Å². The summed E-state index contributed by atoms with van der Waals surface area (Å²) in [6, 6.07) is 2.78. The van der Waals surface area contributed by atoms with Crippen molar-refractivity contribution in [3.05, 3.63) is 18.3 Å². The molecule has 1 aromatic heterocycles. The lowest BCUT2D eigenvalue weighted by atomic mass is 10.4. The van der Waals surface area contributed by atoms with Gasteiger partial charge in [0, 0.05) is 23.9 Å². The molecule has 1 atom stereocenters. The predicted molar refractivity (Wildman–Crippen MR) is 59.2 cm³/mol. The summed E-state index contributed by atoms with van der Waals surface area (Å²) in [5, 5.41) is 0. The first-order valence-corrected chi connectivity index (χ1v) is 6.80. The average Bonchev–Trinajstić information content (AvgIpc) is 2.17. The second-order valence-electron chi connectivity index (χ2n) is 3.15. The summed E-state index contributed by atoms with van der Waals surface area (Å²) in [7, 11) is 2.97. The number of rotatable bonds is 5. The zero-order chi connectivity index (χ0) is 12.2. The van der Waals surface area contributed by atoms with Crippen molar-refractivity contribution in [2.45, 2.75) is 17.9 Å². The largest absolute Gasteiger partial charge is 0.472 e. The molecule has 0 amide bonds. The molecule has 1 aromatic rings. The van der Waals surface area contributed by atoms with Gasteiger partial charge in [-0.1, -0.05) is 0 Å². The van der Waals surface area contributed by atoms with E-state index in [1.54, 1.807) is 7.11 Å². The molecule has 0 aliphatic heterocycles. The lowest BCUT2D eigenvalue weighted by molar-refractivity contribution is 0.0889. The van der Waals surface area contributed by atoms with Crippen molar-refractivity contribution in [3.63, 3.8) is 0 Å². The van der Waals surface area contributed by atoms with Crippen LogP contribution in [0.4, 0.5) is 0 Å². The Morgan fingerprint density at radius 3 is 2.62 bits per heavy atom. The van der Waals surface area contributed by atoms with Crippen molar-refractivity contribution < 1.29 is 17.9 Å². The number of ether oxygens (including phenoxy) is 2. The maximum Gasteiger partial charge on any atom is 0.262 e. The molecule has 0 aromatic carbocycles. The summed E-state index contributed by atoms with van der Waals surface area (Å²) in [5.74, 6) is 0.327. The molecule has 16 heavy (non-hydrogen) atoms. The zero-order valence-electron chi connectivity index (χ0n) is 8.88. The molecule has 0 aliphatic carbocycles. The third-order valence-electron chi connectivity index (χ3n) is 1.71. The quantitative estimate of drug-likeness (QED) is 0.754. The molecule has 1 unspecified atom stereocenters. The predicted octanol–water partition coefficient (Wildman–Crippen LogP) is 1.42. The molecular weight excluding hydrogens is 254 g/mol. The molecule has 0 fully saturated rings. The van der Waals surface area contributed by atoms with Crippen LogP contribution in [0.2, 0.25) is 0 Å². The standard InChI is InChI=1S/C9H12ClNO4S/c1-7(6-14-2)15-9-4-3-8(5-11-9)16(10,12)13/h3-5,7H,6H2,1-2H3. The molecule has 5 nitrogen and oxygen atoms in total. The van der Waals surface area contributed by atoms with Gasteiger partial charge in [0.2, 0.25) is 5.88 Å². The molecule has 0 spiro atoms. The fraction of sp³-hybridized carbons (Fsp3) is 0.444. The number of hydrogen-bond acceptors (Lipinski definition) is 5. The number of halogens is 1. The number of aromatic nitrogens is 1. The first-order chi connectivity index (χ1) is 7.43. The Hall–Kier alpha value is -0.850. The fourth-order valence-corrected chi connectivity index (χ4v) is 1.74. The second-order valence-corrected chi connectivity index (χ2v) is 5.72. The third kappa shape index (κ3) is 3.96. The van der Waals surface area contributed by atoms with Crippen LogP contribution < -0.4 is 4.74 Å². The Kier molecular flexibility index (Phi) is 4.52. The molecule has 0 N–H and O–H groups in total. The highest BCUT2D eigenvalue weighted by atomic mass is 35.7. The SMILES string of the molecule is COCC(C)Oc1ccc(S(=O)(=O)Cl)cn1. The van der Waals surface area contributed by atoms with E-state index in [2.05, 4.69) is 4.98 Å². The molecule has 0 radical (unpaired) electrons. The Morgan fingerprint density at radius 2 is 2.19 bits per heavy atom. The van der Waals surface area contributed by atoms with Gasteiger partial charge in [0.25, 0.3) is 9.05 Å². The lowest BCUT2D eigenvalue weighted by Gasteiger charge is -2.12. The van der Waals surface area contributed by atoms with E-state index in [-0.39, 0.29) is 11.0 Å². The molecule has 7 heteroatoms. The molecule has 0 saturated heterocycles. The van der Waals surface area contributed by atoms with E-state index in [4.69, 9.17) is 20.2 Å². The topological polar surface area (TPSA) is 65.5 Å². The molecule has 1 rings (SSSR count). The van der Waals surface area contributed by atoms with Gasteiger partial charge < -0.3 is 9.47 Å². The van der Waals surface area contributed by atoms with Crippen LogP contribution >= 0.6 is 10.7 Å². The highest BCUT2D eigenvalue weighted by Crippen LogP contribution is 2.16. The van der Waals surface area contributed by atoms with E-state index in [9.17, 15) is 8.42 Å². The Labute approximate surface area is 98.8 Å². The summed E-state index contributed by atoms with van der Waals surface area (Å²) in [6.45, 7) is 2.24. The minimum Gasteiger partial charge on any atom is -0.472 e. The van der Waals surface area contributed by atoms with Gasteiger partial charge in [-0.05, 0) is 13.0 Å². The van der Waals surface area contributed by atoms with Crippen LogP contribution in [0.1, 0.15) is 6.92 Å². The van der Waals surface area contributed by atoms with Crippen LogP contribution in [0.25, 0.3) is 0 Å². The normalized spacial score (nSPS) is 13.4. The zero-order valence-corrected chi connectivity index (χ0v) is 10.5. The van der Waals surface area contributed by atoms with Gasteiger partial charge in [-0.2, -0.15) is 0 Å². The molecule has 0 bridgehead atoms. The van der Waals surface area contributed by atoms with E-state index in [1.165, 1.54) is 12.1 Å². The van der Waals surface area contributed by atoms with Crippen molar-refractivity contribution in [2.75, 3.05) is 13.7 Å². The second kappa shape index (κ2) is 5.47. The average molecular weight is 266 g/mol. The van der Waals surface area contributed by atoms with Gasteiger partial charge >= 0.3 is 0 Å². The molecule has 0 aliphatic rings. The smallest absolute Gasteiger partial charge is 0.262 e. The van der Waals surface area contributed by atoms with E-state index < -0.39 is 9.05 Å². The number of pyridine rings is 1. The van der Waals surface area contributed by atoms with Crippen molar-refractivity contribution in [3.8, 4) is 5.88 Å².